The molecule has 0 aliphatic carbocycles. The van der Waals surface area contributed by atoms with Crippen LogP contribution in [0.1, 0.15) is 30.4 Å². The molecule has 4 atom stereocenters. The van der Waals surface area contributed by atoms with E-state index < -0.39 is 40.3 Å². The number of hydrogen-bond acceptors (Lipinski definition) is 11. The van der Waals surface area contributed by atoms with E-state index in [2.05, 4.69) is 0 Å². The summed E-state index contributed by atoms with van der Waals surface area (Å²) in [6, 6.07) is 10.8. The van der Waals surface area contributed by atoms with Gasteiger partial charge in [0.15, 0.2) is 0 Å². The Morgan fingerprint density at radius 1 is 0.929 bits per heavy atom. The maximum atomic E-state index is 12.7. The predicted octanol–water partition coefficient (Wildman–Crippen LogP) is 3.47. The van der Waals surface area contributed by atoms with Crippen LogP contribution in [-0.4, -0.2) is 90.9 Å². The van der Waals surface area contributed by atoms with Crippen molar-refractivity contribution in [2.75, 3.05) is 25.4 Å². The number of aliphatic hydroxyl groups is 2. The van der Waals surface area contributed by atoms with Crippen molar-refractivity contribution in [3.8, 4) is 0 Å². The van der Waals surface area contributed by atoms with Gasteiger partial charge in [0.1, 0.15) is 13.2 Å². The molecule has 2 amide bonds. The van der Waals surface area contributed by atoms with Crippen molar-refractivity contribution < 1.29 is 39.1 Å². The fourth-order valence-corrected chi connectivity index (χ4v) is 6.16. The van der Waals surface area contributed by atoms with Gasteiger partial charge in [-0.05, 0) is 60.4 Å². The number of ether oxygens (including phenoxy) is 2. The Balaban J connectivity index is 1.17. The number of non-ortho nitro benzene ring substituents is 2. The summed E-state index contributed by atoms with van der Waals surface area (Å²) >= 11 is 1.61. The van der Waals surface area contributed by atoms with Crippen LogP contribution in [0.15, 0.2) is 48.5 Å². The second-order valence-electron chi connectivity index (χ2n) is 10.1. The van der Waals surface area contributed by atoms with Crippen molar-refractivity contribution in [1.29, 1.82) is 0 Å². The van der Waals surface area contributed by atoms with Gasteiger partial charge in [-0.3, -0.25) is 25.1 Å². The van der Waals surface area contributed by atoms with Gasteiger partial charge in [0.2, 0.25) is 0 Å². The van der Waals surface area contributed by atoms with Crippen LogP contribution in [0.25, 0.3) is 0 Å². The minimum Gasteiger partial charge on any atom is -0.445 e. The molecule has 0 unspecified atom stereocenters. The number of thioether (sulfide) groups is 1. The number of benzene rings is 2. The Bertz CT molecular complexity index is 1260. The second-order valence-corrected chi connectivity index (χ2v) is 11.6. The zero-order valence-electron chi connectivity index (χ0n) is 22.6. The standard InChI is InChI=1S/C27H32N4O10S/c32-22-13-24(29(14-22)27(35)41-17-19-3-7-21(8-4-19)31(38)39)25(33)10-12-42-23-9-11-28(15-23)26(34)40-16-18-1-5-20(6-2-18)30(36)37/h1-8,22-25,32-33H,9-17H2/t22-,23+,24+,25-/m1/s1. The molecule has 2 aromatic carbocycles. The molecule has 2 aromatic rings. The van der Waals surface area contributed by atoms with Gasteiger partial charge in [-0.1, -0.05) is 0 Å². The molecule has 2 heterocycles. The van der Waals surface area contributed by atoms with Gasteiger partial charge in [-0.2, -0.15) is 11.8 Å². The smallest absolute Gasteiger partial charge is 0.410 e. The highest BCUT2D eigenvalue weighted by Crippen LogP contribution is 2.28. The number of hydrogen-bond donors (Lipinski definition) is 2. The third kappa shape index (κ3) is 8.30. The van der Waals surface area contributed by atoms with Crippen molar-refractivity contribution in [2.45, 2.75) is 56.0 Å². The van der Waals surface area contributed by atoms with E-state index in [1.54, 1.807) is 28.8 Å². The fraction of sp³-hybridized carbons (Fsp3) is 0.481. The summed E-state index contributed by atoms with van der Waals surface area (Å²) in [6.07, 6.45) is -1.46. The lowest BCUT2D eigenvalue weighted by atomic mass is 10.1. The highest BCUT2D eigenvalue weighted by Gasteiger charge is 2.39. The maximum absolute atomic E-state index is 12.7. The van der Waals surface area contributed by atoms with Gasteiger partial charge < -0.3 is 24.6 Å². The first-order chi connectivity index (χ1) is 20.1. The monoisotopic (exact) mass is 604 g/mol. The first kappa shape index (κ1) is 31.0. The molecular weight excluding hydrogens is 572 g/mol. The van der Waals surface area contributed by atoms with Crippen molar-refractivity contribution in [2.24, 2.45) is 0 Å². The molecule has 4 rings (SSSR count). The number of likely N-dealkylation sites (tertiary alicyclic amines) is 2. The van der Waals surface area contributed by atoms with E-state index in [0.717, 1.165) is 6.42 Å². The van der Waals surface area contributed by atoms with Gasteiger partial charge in [-0.15, -0.1) is 0 Å². The Morgan fingerprint density at radius 3 is 2.02 bits per heavy atom. The topological polar surface area (TPSA) is 186 Å². The average molecular weight is 605 g/mol. The van der Waals surface area contributed by atoms with Crippen LogP contribution in [0.5, 0.6) is 0 Å². The Hall–Kier alpha value is -3.95. The quantitative estimate of drug-likeness (QED) is 0.282. The summed E-state index contributed by atoms with van der Waals surface area (Å²) in [5.74, 6) is 0.579. The van der Waals surface area contributed by atoms with Crippen LogP contribution in [-0.2, 0) is 22.7 Å². The second kappa shape index (κ2) is 14.3. The molecule has 0 spiro atoms. The minimum absolute atomic E-state index is 0.0113. The number of carbonyl (C=O) groups is 2. The highest BCUT2D eigenvalue weighted by atomic mass is 32.2. The number of nitrogens with zero attached hydrogens (tertiary/aromatic N) is 4. The van der Waals surface area contributed by atoms with Crippen molar-refractivity contribution >= 4 is 35.3 Å². The summed E-state index contributed by atoms with van der Waals surface area (Å²) in [6.45, 7) is 0.965. The molecule has 0 saturated carbocycles. The van der Waals surface area contributed by atoms with Crippen LogP contribution in [0.4, 0.5) is 21.0 Å². The molecule has 14 nitrogen and oxygen atoms in total. The molecule has 0 bridgehead atoms. The fourth-order valence-electron chi connectivity index (χ4n) is 4.89. The van der Waals surface area contributed by atoms with Crippen molar-refractivity contribution in [3.63, 3.8) is 0 Å². The van der Waals surface area contributed by atoms with Crippen LogP contribution in [0.3, 0.4) is 0 Å². The third-order valence-electron chi connectivity index (χ3n) is 7.19. The molecule has 2 fully saturated rings. The van der Waals surface area contributed by atoms with E-state index in [4.69, 9.17) is 9.47 Å². The third-order valence-corrected chi connectivity index (χ3v) is 8.52. The van der Waals surface area contributed by atoms with Gasteiger partial charge in [-0.25, -0.2) is 9.59 Å². The van der Waals surface area contributed by atoms with Crippen molar-refractivity contribution in [3.05, 3.63) is 79.9 Å². The minimum atomic E-state index is -0.884. The number of carbonyl (C=O) groups excluding carboxylic acids is 2. The van der Waals surface area contributed by atoms with E-state index in [0.29, 0.717) is 36.4 Å². The molecule has 226 valence electrons. The molecule has 0 radical (unpaired) electrons. The molecular formula is C27H32N4O10S. The number of aliphatic hydroxyl groups excluding tert-OH is 2. The van der Waals surface area contributed by atoms with Crippen LogP contribution < -0.4 is 0 Å². The lowest BCUT2D eigenvalue weighted by molar-refractivity contribution is -0.385. The summed E-state index contributed by atoms with van der Waals surface area (Å²) in [4.78, 5) is 48.6. The van der Waals surface area contributed by atoms with Crippen LogP contribution in [0, 0.1) is 20.2 Å². The van der Waals surface area contributed by atoms with E-state index >= 15 is 0 Å². The molecule has 2 aliphatic rings. The molecule has 2 N–H and O–H groups in total. The largest absolute Gasteiger partial charge is 0.445 e. The van der Waals surface area contributed by atoms with Crippen LogP contribution in [0.2, 0.25) is 0 Å². The summed E-state index contributed by atoms with van der Waals surface area (Å²) < 4.78 is 10.7. The molecule has 2 aliphatic heterocycles. The van der Waals surface area contributed by atoms with Crippen LogP contribution >= 0.6 is 11.8 Å². The summed E-state index contributed by atoms with van der Waals surface area (Å²) in [7, 11) is 0. The number of nitro groups is 2. The van der Waals surface area contributed by atoms with E-state index in [1.165, 1.54) is 41.3 Å². The van der Waals surface area contributed by atoms with Gasteiger partial charge >= 0.3 is 12.2 Å². The zero-order valence-corrected chi connectivity index (χ0v) is 23.5. The molecule has 2 saturated heterocycles. The SMILES string of the molecule is O=C(OCc1ccc([N+](=O)[O-])cc1)N1CC[C@H](SCC[C@@H](O)[C@@H]2C[C@@H](O)CN2C(=O)OCc2ccc([N+](=O)[O-])cc2)C1. The lowest BCUT2D eigenvalue weighted by Crippen LogP contribution is -2.43. The Labute approximate surface area is 245 Å². The Morgan fingerprint density at radius 2 is 1.48 bits per heavy atom. The average Bonchev–Trinajstić information content (AvgIpc) is 3.62. The van der Waals surface area contributed by atoms with Gasteiger partial charge in [0.05, 0.1) is 34.6 Å². The highest BCUT2D eigenvalue weighted by molar-refractivity contribution is 7.99. The first-order valence-electron chi connectivity index (χ1n) is 13.4. The van der Waals surface area contributed by atoms with E-state index in [-0.39, 0.29) is 42.8 Å². The van der Waals surface area contributed by atoms with Crippen molar-refractivity contribution in [1.82, 2.24) is 9.80 Å². The lowest BCUT2D eigenvalue weighted by Gasteiger charge is -2.28. The van der Waals surface area contributed by atoms with Gasteiger partial charge in [0, 0.05) is 42.6 Å². The Kier molecular flexibility index (Phi) is 10.5. The number of nitro benzene ring substituents is 2. The predicted molar refractivity (Wildman–Crippen MR) is 151 cm³/mol. The summed E-state index contributed by atoms with van der Waals surface area (Å²) in [5.41, 5.74) is 1.11. The van der Waals surface area contributed by atoms with Gasteiger partial charge in [0.25, 0.3) is 11.4 Å². The molecule has 0 aromatic heterocycles. The first-order valence-corrected chi connectivity index (χ1v) is 14.4. The number of β-amino-alcohol motifs (C(OH)–C–C–N with tert-alkyl or cyclic N) is 1. The molecule has 15 heteroatoms. The zero-order chi connectivity index (χ0) is 30.2. The molecule has 42 heavy (non-hydrogen) atoms. The van der Waals surface area contributed by atoms with E-state index in [9.17, 15) is 40.0 Å². The maximum Gasteiger partial charge on any atom is 0.410 e. The van der Waals surface area contributed by atoms with E-state index in [1.807, 2.05) is 0 Å². The number of rotatable bonds is 11. The normalized spacial score (nSPS) is 20.8. The number of amides is 2. The summed E-state index contributed by atoms with van der Waals surface area (Å²) in [5, 5.41) is 42.7.